The highest BCUT2D eigenvalue weighted by Gasteiger charge is 1.84. The van der Waals surface area contributed by atoms with Crippen molar-refractivity contribution in [3.8, 4) is 0 Å². The Morgan fingerprint density at radius 1 is 1.75 bits per heavy atom. The minimum atomic E-state index is 1.01. The van der Waals surface area contributed by atoms with Crippen LogP contribution in [-0.4, -0.2) is 24.8 Å². The van der Waals surface area contributed by atoms with Crippen molar-refractivity contribution >= 4 is 17.5 Å². The van der Waals surface area contributed by atoms with Crippen LogP contribution in [0.25, 0.3) is 0 Å². The maximum absolute atomic E-state index is 3.96. The third-order valence-electron chi connectivity index (χ3n) is 0.656. The van der Waals surface area contributed by atoms with Gasteiger partial charge in [-0.25, -0.2) is 0 Å². The van der Waals surface area contributed by atoms with Gasteiger partial charge in [-0.1, -0.05) is 0 Å². The molecule has 0 aromatic rings. The van der Waals surface area contributed by atoms with Gasteiger partial charge in [-0.2, -0.15) is 16.9 Å². The van der Waals surface area contributed by atoms with E-state index in [0.717, 1.165) is 11.5 Å². The van der Waals surface area contributed by atoms with Crippen molar-refractivity contribution < 1.29 is 0 Å². The molecule has 48 valence electrons. The SMILES string of the molecule is CN/N=C(\C)CSC. The second-order valence-electron chi connectivity index (χ2n) is 1.50. The van der Waals surface area contributed by atoms with Crippen LogP contribution in [0.1, 0.15) is 6.92 Å². The Labute approximate surface area is 54.7 Å². The molecule has 0 rings (SSSR count). The van der Waals surface area contributed by atoms with E-state index in [1.807, 2.05) is 14.0 Å². The Kier molecular flexibility index (Phi) is 4.85. The lowest BCUT2D eigenvalue weighted by Gasteiger charge is -1.93. The second-order valence-corrected chi connectivity index (χ2v) is 2.37. The van der Waals surface area contributed by atoms with Gasteiger partial charge in [0.15, 0.2) is 0 Å². The molecule has 0 radical (unpaired) electrons. The minimum Gasteiger partial charge on any atom is -0.313 e. The molecule has 0 unspecified atom stereocenters. The Bertz CT molecular complexity index is 80.5. The Hall–Kier alpha value is -0.180. The van der Waals surface area contributed by atoms with Crippen LogP contribution in [-0.2, 0) is 0 Å². The first-order valence-electron chi connectivity index (χ1n) is 2.50. The van der Waals surface area contributed by atoms with Crippen molar-refractivity contribution in [1.29, 1.82) is 0 Å². The first-order valence-corrected chi connectivity index (χ1v) is 3.89. The standard InChI is InChI=1S/C5H12N2S/c1-5(4-8-3)7-6-2/h6H,4H2,1-3H3/b7-5+. The molecule has 0 saturated heterocycles. The molecule has 0 aromatic heterocycles. The number of hydrogen-bond acceptors (Lipinski definition) is 3. The van der Waals surface area contributed by atoms with Gasteiger partial charge in [0.1, 0.15) is 0 Å². The highest BCUT2D eigenvalue weighted by atomic mass is 32.2. The van der Waals surface area contributed by atoms with Gasteiger partial charge in [0.05, 0.1) is 0 Å². The van der Waals surface area contributed by atoms with Gasteiger partial charge in [0.25, 0.3) is 0 Å². The molecule has 0 saturated carbocycles. The average molecular weight is 132 g/mol. The lowest BCUT2D eigenvalue weighted by Crippen LogP contribution is -2.03. The summed E-state index contributed by atoms with van der Waals surface area (Å²) in [6.45, 7) is 2.01. The fourth-order valence-corrected chi connectivity index (χ4v) is 0.914. The lowest BCUT2D eigenvalue weighted by molar-refractivity contribution is 0.898. The van der Waals surface area contributed by atoms with Crippen LogP contribution in [0.5, 0.6) is 0 Å². The normalized spacial score (nSPS) is 11.6. The van der Waals surface area contributed by atoms with Gasteiger partial charge >= 0.3 is 0 Å². The van der Waals surface area contributed by atoms with E-state index < -0.39 is 0 Å². The van der Waals surface area contributed by atoms with Gasteiger partial charge in [0, 0.05) is 18.5 Å². The van der Waals surface area contributed by atoms with Crippen molar-refractivity contribution in [3.63, 3.8) is 0 Å². The van der Waals surface area contributed by atoms with Crippen LogP contribution in [0.3, 0.4) is 0 Å². The maximum atomic E-state index is 3.96. The van der Waals surface area contributed by atoms with Gasteiger partial charge in [-0.3, -0.25) is 0 Å². The van der Waals surface area contributed by atoms with Crippen molar-refractivity contribution in [2.45, 2.75) is 6.92 Å². The van der Waals surface area contributed by atoms with E-state index in [0.29, 0.717) is 0 Å². The Balaban J connectivity index is 3.29. The lowest BCUT2D eigenvalue weighted by atomic mass is 10.5. The quantitative estimate of drug-likeness (QED) is 0.456. The predicted molar refractivity (Wildman–Crippen MR) is 40.6 cm³/mol. The minimum absolute atomic E-state index is 1.01. The molecule has 0 fully saturated rings. The zero-order valence-corrected chi connectivity index (χ0v) is 6.38. The van der Waals surface area contributed by atoms with Crippen molar-refractivity contribution in [2.24, 2.45) is 5.10 Å². The number of nitrogens with one attached hydrogen (secondary N) is 1. The predicted octanol–water partition coefficient (Wildman–Crippen LogP) is 0.945. The monoisotopic (exact) mass is 132 g/mol. The van der Waals surface area contributed by atoms with Gasteiger partial charge in [0.2, 0.25) is 0 Å². The van der Waals surface area contributed by atoms with Crippen LogP contribution in [0.2, 0.25) is 0 Å². The summed E-state index contributed by atoms with van der Waals surface area (Å²) in [4.78, 5) is 0. The van der Waals surface area contributed by atoms with E-state index >= 15 is 0 Å². The summed E-state index contributed by atoms with van der Waals surface area (Å²) in [5.74, 6) is 1.01. The van der Waals surface area contributed by atoms with Crippen LogP contribution < -0.4 is 5.43 Å². The van der Waals surface area contributed by atoms with Crippen LogP contribution >= 0.6 is 11.8 Å². The highest BCUT2D eigenvalue weighted by molar-refractivity contribution is 7.99. The summed E-state index contributed by atoms with van der Waals surface area (Å²) in [5, 5.41) is 3.96. The molecule has 0 amide bonds. The van der Waals surface area contributed by atoms with Crippen LogP contribution in [0.4, 0.5) is 0 Å². The van der Waals surface area contributed by atoms with Gasteiger partial charge in [-0.05, 0) is 13.2 Å². The Morgan fingerprint density at radius 2 is 2.38 bits per heavy atom. The summed E-state index contributed by atoms with van der Waals surface area (Å²) in [6, 6.07) is 0. The zero-order valence-electron chi connectivity index (χ0n) is 5.56. The van der Waals surface area contributed by atoms with E-state index in [4.69, 9.17) is 0 Å². The third-order valence-corrected chi connectivity index (χ3v) is 1.36. The smallest absolute Gasteiger partial charge is 0.0446 e. The molecule has 0 heterocycles. The van der Waals surface area contributed by atoms with Gasteiger partial charge in [-0.15, -0.1) is 0 Å². The van der Waals surface area contributed by atoms with Gasteiger partial charge < -0.3 is 5.43 Å². The number of rotatable bonds is 3. The molecule has 0 atom stereocenters. The first-order chi connectivity index (χ1) is 3.81. The molecule has 0 aliphatic heterocycles. The molecular weight excluding hydrogens is 120 g/mol. The summed E-state index contributed by atoms with van der Waals surface area (Å²) < 4.78 is 0. The molecule has 0 aliphatic rings. The topological polar surface area (TPSA) is 24.4 Å². The molecular formula is C5H12N2S. The van der Waals surface area contributed by atoms with E-state index in [9.17, 15) is 0 Å². The summed E-state index contributed by atoms with van der Waals surface area (Å²) >= 11 is 1.78. The number of hydrogen-bond donors (Lipinski definition) is 1. The number of thioether (sulfide) groups is 1. The van der Waals surface area contributed by atoms with Crippen molar-refractivity contribution in [1.82, 2.24) is 5.43 Å². The summed E-state index contributed by atoms with van der Waals surface area (Å²) in [7, 11) is 1.81. The summed E-state index contributed by atoms with van der Waals surface area (Å²) in [6.07, 6.45) is 2.06. The Morgan fingerprint density at radius 3 is 2.75 bits per heavy atom. The first kappa shape index (κ1) is 7.82. The molecule has 2 nitrogen and oxygen atoms in total. The second kappa shape index (κ2) is 4.97. The van der Waals surface area contributed by atoms with E-state index in [2.05, 4.69) is 16.8 Å². The largest absolute Gasteiger partial charge is 0.313 e. The molecule has 8 heavy (non-hydrogen) atoms. The number of hydrazone groups is 1. The number of nitrogens with zero attached hydrogens (tertiary/aromatic N) is 1. The third kappa shape index (κ3) is 3.99. The zero-order chi connectivity index (χ0) is 6.41. The maximum Gasteiger partial charge on any atom is 0.0446 e. The van der Waals surface area contributed by atoms with Crippen molar-refractivity contribution in [3.05, 3.63) is 0 Å². The molecule has 3 heteroatoms. The highest BCUT2D eigenvalue weighted by Crippen LogP contribution is 1.91. The fraction of sp³-hybridized carbons (Fsp3) is 0.800. The molecule has 0 bridgehead atoms. The summed E-state index contributed by atoms with van der Waals surface area (Å²) in [5.41, 5.74) is 3.87. The molecule has 0 spiro atoms. The van der Waals surface area contributed by atoms with E-state index in [1.54, 1.807) is 11.8 Å². The van der Waals surface area contributed by atoms with E-state index in [1.165, 1.54) is 0 Å². The molecule has 0 aliphatic carbocycles. The van der Waals surface area contributed by atoms with Crippen LogP contribution in [0, 0.1) is 0 Å². The average Bonchev–Trinajstić information content (AvgIpc) is 1.68. The van der Waals surface area contributed by atoms with E-state index in [-0.39, 0.29) is 0 Å². The molecule has 0 aromatic carbocycles. The van der Waals surface area contributed by atoms with Crippen molar-refractivity contribution in [2.75, 3.05) is 19.1 Å². The molecule has 1 N–H and O–H groups in total. The fourth-order valence-electron chi connectivity index (χ4n) is 0.432. The van der Waals surface area contributed by atoms with Crippen LogP contribution in [0.15, 0.2) is 5.10 Å².